The summed E-state index contributed by atoms with van der Waals surface area (Å²) in [7, 11) is 0. The third-order valence-electron chi connectivity index (χ3n) is 6.46. The number of carbonyl (C=O) groups excluding carboxylic acids is 1. The van der Waals surface area contributed by atoms with Gasteiger partial charge in [-0.3, -0.25) is 9.69 Å². The largest absolute Gasteiger partial charge is 0.341 e. The minimum absolute atomic E-state index is 0.177. The van der Waals surface area contributed by atoms with Crippen molar-refractivity contribution in [2.24, 2.45) is 5.41 Å². The van der Waals surface area contributed by atoms with E-state index in [0.29, 0.717) is 5.91 Å². The molecule has 5 heteroatoms. The Morgan fingerprint density at radius 1 is 0.885 bits per heavy atom. The van der Waals surface area contributed by atoms with E-state index in [9.17, 15) is 9.18 Å². The van der Waals surface area contributed by atoms with Crippen LogP contribution in [-0.4, -0.2) is 66.4 Å². The normalized spacial score (nSPS) is 27.7. The first-order chi connectivity index (χ1) is 12.6. The summed E-state index contributed by atoms with van der Waals surface area (Å²) in [5.74, 6) is 0.184. The predicted molar refractivity (Wildman–Crippen MR) is 100 cm³/mol. The summed E-state index contributed by atoms with van der Waals surface area (Å²) in [4.78, 5) is 20.1. The molecule has 0 N–H and O–H groups in total. The average Bonchev–Trinajstić information content (AvgIpc) is 3.26. The Hall–Kier alpha value is -1.46. The Balaban J connectivity index is 1.35. The summed E-state index contributed by atoms with van der Waals surface area (Å²) in [6.07, 6.45) is 5.69. The second kappa shape index (κ2) is 7.65. The van der Waals surface area contributed by atoms with E-state index in [4.69, 9.17) is 0 Å². The van der Waals surface area contributed by atoms with Crippen molar-refractivity contribution in [2.45, 2.75) is 38.6 Å². The monoisotopic (exact) mass is 359 g/mol. The van der Waals surface area contributed by atoms with Crippen molar-refractivity contribution in [1.82, 2.24) is 14.7 Å². The molecule has 0 radical (unpaired) electrons. The van der Waals surface area contributed by atoms with Gasteiger partial charge in [0.15, 0.2) is 0 Å². The fraction of sp³-hybridized carbons (Fsp3) is 0.667. The molecule has 142 valence electrons. The van der Waals surface area contributed by atoms with Gasteiger partial charge < -0.3 is 9.80 Å². The molecule has 1 unspecified atom stereocenters. The van der Waals surface area contributed by atoms with Crippen molar-refractivity contribution < 1.29 is 9.18 Å². The molecule has 3 fully saturated rings. The summed E-state index contributed by atoms with van der Waals surface area (Å²) >= 11 is 0. The Labute approximate surface area is 155 Å². The number of piperidine rings is 1. The molecule has 0 bridgehead atoms. The Bertz CT molecular complexity index is 629. The predicted octanol–water partition coefficient (Wildman–Crippen LogP) is 2.74. The minimum atomic E-state index is -0.191. The third-order valence-corrected chi connectivity index (χ3v) is 6.46. The van der Waals surface area contributed by atoms with Crippen LogP contribution < -0.4 is 0 Å². The van der Waals surface area contributed by atoms with Gasteiger partial charge in [-0.05, 0) is 69.4 Å². The van der Waals surface area contributed by atoms with E-state index in [2.05, 4.69) is 14.7 Å². The van der Waals surface area contributed by atoms with Crippen LogP contribution in [-0.2, 0) is 11.3 Å². The SMILES string of the molecule is O=C1N(CCN2CCCC2)CCC12CCCN(Cc1ccc(F)cc1)C2. The zero-order valence-corrected chi connectivity index (χ0v) is 15.6. The smallest absolute Gasteiger partial charge is 0.230 e. The van der Waals surface area contributed by atoms with E-state index in [-0.39, 0.29) is 11.2 Å². The number of halogens is 1. The molecule has 3 saturated heterocycles. The van der Waals surface area contributed by atoms with E-state index in [1.165, 1.54) is 38.1 Å². The Morgan fingerprint density at radius 2 is 1.62 bits per heavy atom. The lowest BCUT2D eigenvalue weighted by Gasteiger charge is -2.39. The van der Waals surface area contributed by atoms with E-state index in [1.54, 1.807) is 0 Å². The number of amides is 1. The lowest BCUT2D eigenvalue weighted by molar-refractivity contribution is -0.139. The van der Waals surface area contributed by atoms with Crippen molar-refractivity contribution in [1.29, 1.82) is 0 Å². The molecule has 26 heavy (non-hydrogen) atoms. The maximum atomic E-state index is 13.2. The molecule has 0 saturated carbocycles. The molecule has 3 heterocycles. The first-order valence-corrected chi connectivity index (χ1v) is 10.1. The van der Waals surface area contributed by atoms with Crippen molar-refractivity contribution >= 4 is 5.91 Å². The fourth-order valence-electron chi connectivity index (χ4n) is 4.96. The van der Waals surface area contributed by atoms with Crippen molar-refractivity contribution in [2.75, 3.05) is 45.8 Å². The number of hydrogen-bond donors (Lipinski definition) is 0. The van der Waals surface area contributed by atoms with Gasteiger partial charge in [0.2, 0.25) is 5.91 Å². The Morgan fingerprint density at radius 3 is 2.38 bits per heavy atom. The van der Waals surface area contributed by atoms with Crippen molar-refractivity contribution in [3.8, 4) is 0 Å². The van der Waals surface area contributed by atoms with Crippen LogP contribution in [0, 0.1) is 11.2 Å². The highest BCUT2D eigenvalue weighted by molar-refractivity contribution is 5.85. The second-order valence-electron chi connectivity index (χ2n) is 8.31. The van der Waals surface area contributed by atoms with Gasteiger partial charge in [0.05, 0.1) is 5.41 Å². The maximum absolute atomic E-state index is 13.2. The van der Waals surface area contributed by atoms with E-state index in [0.717, 1.165) is 64.1 Å². The molecule has 3 aliphatic heterocycles. The molecule has 1 aromatic carbocycles. The summed E-state index contributed by atoms with van der Waals surface area (Å²) in [6.45, 7) is 7.90. The van der Waals surface area contributed by atoms with Crippen LogP contribution in [0.3, 0.4) is 0 Å². The van der Waals surface area contributed by atoms with Gasteiger partial charge in [-0.25, -0.2) is 4.39 Å². The number of rotatable bonds is 5. The van der Waals surface area contributed by atoms with Crippen LogP contribution >= 0.6 is 0 Å². The molecule has 4 rings (SSSR count). The van der Waals surface area contributed by atoms with Crippen LogP contribution in [0.2, 0.25) is 0 Å². The van der Waals surface area contributed by atoms with E-state index >= 15 is 0 Å². The van der Waals surface area contributed by atoms with Crippen LogP contribution in [0.4, 0.5) is 4.39 Å². The molecule has 4 nitrogen and oxygen atoms in total. The van der Waals surface area contributed by atoms with Crippen LogP contribution in [0.25, 0.3) is 0 Å². The number of carbonyl (C=O) groups is 1. The van der Waals surface area contributed by atoms with E-state index in [1.807, 2.05) is 12.1 Å². The van der Waals surface area contributed by atoms with Gasteiger partial charge in [-0.2, -0.15) is 0 Å². The molecular weight excluding hydrogens is 329 g/mol. The minimum Gasteiger partial charge on any atom is -0.341 e. The van der Waals surface area contributed by atoms with Gasteiger partial charge in [0, 0.05) is 32.7 Å². The highest BCUT2D eigenvalue weighted by Gasteiger charge is 2.48. The van der Waals surface area contributed by atoms with Crippen LogP contribution in [0.15, 0.2) is 24.3 Å². The lowest BCUT2D eigenvalue weighted by atomic mass is 9.78. The van der Waals surface area contributed by atoms with Gasteiger partial charge in [0.1, 0.15) is 5.82 Å². The summed E-state index contributed by atoms with van der Waals surface area (Å²) < 4.78 is 13.1. The number of benzene rings is 1. The summed E-state index contributed by atoms with van der Waals surface area (Å²) in [5.41, 5.74) is 0.948. The number of hydrogen-bond acceptors (Lipinski definition) is 3. The van der Waals surface area contributed by atoms with Crippen LogP contribution in [0.1, 0.15) is 37.7 Å². The molecular formula is C21H30FN3O. The molecule has 1 aromatic rings. The molecule has 0 aromatic heterocycles. The van der Waals surface area contributed by atoms with Crippen molar-refractivity contribution in [3.63, 3.8) is 0 Å². The molecule has 1 amide bonds. The molecule has 1 spiro atoms. The standard InChI is InChI=1S/C21H30FN3O/c22-19-6-4-18(5-7-19)16-24-12-3-8-21(17-24)9-13-25(20(21)26)15-14-23-10-1-2-11-23/h4-7H,1-3,8-17H2. The fourth-order valence-corrected chi connectivity index (χ4v) is 4.96. The molecule has 0 aliphatic carbocycles. The van der Waals surface area contributed by atoms with Crippen LogP contribution in [0.5, 0.6) is 0 Å². The quantitative estimate of drug-likeness (QED) is 0.809. The van der Waals surface area contributed by atoms with E-state index < -0.39 is 0 Å². The molecule has 1 atom stereocenters. The zero-order chi connectivity index (χ0) is 18.0. The van der Waals surface area contributed by atoms with Gasteiger partial charge in [-0.1, -0.05) is 12.1 Å². The highest BCUT2D eigenvalue weighted by atomic mass is 19.1. The summed E-state index contributed by atoms with van der Waals surface area (Å²) in [5, 5.41) is 0. The number of nitrogens with zero attached hydrogens (tertiary/aromatic N) is 3. The first-order valence-electron chi connectivity index (χ1n) is 10.1. The lowest BCUT2D eigenvalue weighted by Crippen LogP contribution is -2.48. The molecule has 3 aliphatic rings. The highest BCUT2D eigenvalue weighted by Crippen LogP contribution is 2.40. The maximum Gasteiger partial charge on any atom is 0.230 e. The topological polar surface area (TPSA) is 26.8 Å². The van der Waals surface area contributed by atoms with Gasteiger partial charge >= 0.3 is 0 Å². The Kier molecular flexibility index (Phi) is 5.28. The number of likely N-dealkylation sites (tertiary alicyclic amines) is 3. The summed E-state index contributed by atoms with van der Waals surface area (Å²) in [6, 6.07) is 6.76. The average molecular weight is 359 g/mol. The van der Waals surface area contributed by atoms with Gasteiger partial charge in [0.25, 0.3) is 0 Å². The second-order valence-corrected chi connectivity index (χ2v) is 8.31. The zero-order valence-electron chi connectivity index (χ0n) is 15.6. The third kappa shape index (κ3) is 3.79. The first kappa shape index (κ1) is 17.9. The van der Waals surface area contributed by atoms with Gasteiger partial charge in [-0.15, -0.1) is 0 Å². The van der Waals surface area contributed by atoms with Crippen molar-refractivity contribution in [3.05, 3.63) is 35.6 Å².